The molecule has 1 aliphatic rings. The van der Waals surface area contributed by atoms with Crippen LogP contribution in [0, 0.1) is 0 Å². The normalized spacial score (nSPS) is 14.2. The molecule has 1 saturated heterocycles. The molecule has 22 heavy (non-hydrogen) atoms. The van der Waals surface area contributed by atoms with Crippen LogP contribution >= 0.6 is 0 Å². The third-order valence-corrected chi connectivity index (χ3v) is 2.91. The van der Waals surface area contributed by atoms with Crippen molar-refractivity contribution >= 4 is 17.6 Å². The molecule has 0 spiro atoms. The molecule has 0 radical (unpaired) electrons. The predicted molar refractivity (Wildman–Crippen MR) is 74.7 cm³/mol. The molecular formula is C13H17F3N4O2. The fourth-order valence-corrected chi connectivity index (χ4v) is 1.69. The van der Waals surface area contributed by atoms with Crippen molar-refractivity contribution in [3.05, 3.63) is 29.8 Å². The van der Waals surface area contributed by atoms with Crippen molar-refractivity contribution in [1.29, 1.82) is 0 Å². The fraction of sp³-hybridized carbons (Fsp3) is 0.385. The molecule has 9 heteroatoms. The molecule has 6 nitrogen and oxygen atoms in total. The van der Waals surface area contributed by atoms with E-state index in [2.05, 4.69) is 5.32 Å². The van der Waals surface area contributed by atoms with E-state index >= 15 is 0 Å². The van der Waals surface area contributed by atoms with Crippen molar-refractivity contribution in [3.63, 3.8) is 0 Å². The van der Waals surface area contributed by atoms with Gasteiger partial charge < -0.3 is 10.2 Å². The molecule has 0 saturated carbocycles. The Balaban J connectivity index is 0.000000287. The number of nitrogens with zero attached hydrogens (tertiary/aromatic N) is 1. The molecule has 1 aromatic rings. The Kier molecular flexibility index (Phi) is 6.17. The van der Waals surface area contributed by atoms with E-state index in [0.29, 0.717) is 5.91 Å². The largest absolute Gasteiger partial charge is 0.416 e. The second kappa shape index (κ2) is 7.64. The van der Waals surface area contributed by atoms with Crippen molar-refractivity contribution in [1.82, 2.24) is 10.3 Å². The first-order valence-electron chi connectivity index (χ1n) is 6.43. The lowest BCUT2D eigenvalue weighted by atomic mass is 10.2. The Morgan fingerprint density at radius 2 is 1.86 bits per heavy atom. The van der Waals surface area contributed by atoms with Gasteiger partial charge in [-0.1, -0.05) is 0 Å². The molecule has 122 valence electrons. The van der Waals surface area contributed by atoms with Gasteiger partial charge in [-0.2, -0.15) is 13.2 Å². The minimum atomic E-state index is -4.38. The summed E-state index contributed by atoms with van der Waals surface area (Å²) in [6.07, 6.45) is -2.57. The molecule has 1 aliphatic heterocycles. The third kappa shape index (κ3) is 5.60. The Morgan fingerprint density at radius 1 is 1.27 bits per heavy atom. The summed E-state index contributed by atoms with van der Waals surface area (Å²) < 4.78 is 36.4. The van der Waals surface area contributed by atoms with Gasteiger partial charge in [0.1, 0.15) is 0 Å². The molecule has 2 rings (SSSR count). The molecule has 0 aliphatic carbocycles. The lowest BCUT2D eigenvalue weighted by Gasteiger charge is -2.08. The number of nitrogens with two attached hydrogens (primary N) is 1. The first-order valence-corrected chi connectivity index (χ1v) is 6.43. The second-order valence-electron chi connectivity index (χ2n) is 4.59. The summed E-state index contributed by atoms with van der Waals surface area (Å²) in [6.45, 7) is 0.957. The maximum atomic E-state index is 12.1. The molecule has 1 fully saturated rings. The Morgan fingerprint density at radius 3 is 2.18 bits per heavy atom. The van der Waals surface area contributed by atoms with Crippen LogP contribution in [0.3, 0.4) is 0 Å². The highest BCUT2D eigenvalue weighted by Crippen LogP contribution is 2.29. The van der Waals surface area contributed by atoms with E-state index in [9.17, 15) is 22.8 Å². The molecule has 1 aromatic carbocycles. The number of hydrazine groups is 1. The minimum absolute atomic E-state index is 0.228. The minimum Gasteiger partial charge on any atom is -0.346 e. The standard InChI is InChI=1S/C8H8F3N3O.C5H9NO/c9-8(10,11)5-1-3-6(4-2-5)13-7(15)14-12;1-6-4-2-3-5(6)7/h1-4H,12H2,(H2,13,14,15);2-4H2,1H3. The van der Waals surface area contributed by atoms with Crippen LogP contribution in [-0.2, 0) is 11.0 Å². The zero-order chi connectivity index (χ0) is 16.8. The predicted octanol–water partition coefficient (Wildman–Crippen LogP) is 1.94. The summed E-state index contributed by atoms with van der Waals surface area (Å²) in [4.78, 5) is 23.0. The van der Waals surface area contributed by atoms with Crippen molar-refractivity contribution in [2.45, 2.75) is 19.0 Å². The van der Waals surface area contributed by atoms with Gasteiger partial charge >= 0.3 is 12.2 Å². The van der Waals surface area contributed by atoms with Gasteiger partial charge in [0, 0.05) is 25.7 Å². The molecule has 0 aromatic heterocycles. The van der Waals surface area contributed by atoms with Crippen LogP contribution in [0.25, 0.3) is 0 Å². The van der Waals surface area contributed by atoms with Gasteiger partial charge in [-0.25, -0.2) is 10.6 Å². The Hall–Kier alpha value is -2.29. The fourth-order valence-electron chi connectivity index (χ4n) is 1.69. The highest BCUT2D eigenvalue weighted by molar-refractivity contribution is 5.88. The smallest absolute Gasteiger partial charge is 0.346 e. The van der Waals surface area contributed by atoms with Crippen LogP contribution in [0.2, 0.25) is 0 Å². The van der Waals surface area contributed by atoms with Crippen molar-refractivity contribution in [2.75, 3.05) is 18.9 Å². The van der Waals surface area contributed by atoms with Crippen LogP contribution < -0.4 is 16.6 Å². The summed E-state index contributed by atoms with van der Waals surface area (Å²) in [5.41, 5.74) is 1.24. The molecular weight excluding hydrogens is 301 g/mol. The Labute approximate surface area is 125 Å². The van der Waals surface area contributed by atoms with Gasteiger partial charge in [0.25, 0.3) is 0 Å². The van der Waals surface area contributed by atoms with E-state index in [1.54, 1.807) is 10.3 Å². The van der Waals surface area contributed by atoms with Crippen molar-refractivity contribution in [3.8, 4) is 0 Å². The molecule has 0 bridgehead atoms. The van der Waals surface area contributed by atoms with E-state index in [4.69, 9.17) is 5.84 Å². The van der Waals surface area contributed by atoms with Crippen LogP contribution in [-0.4, -0.2) is 30.4 Å². The SMILES string of the molecule is CN1CCCC1=O.NNC(=O)Nc1ccc(C(F)(F)F)cc1. The van der Waals surface area contributed by atoms with Gasteiger partial charge in [0.05, 0.1) is 5.56 Å². The monoisotopic (exact) mass is 318 g/mol. The topological polar surface area (TPSA) is 87.5 Å². The van der Waals surface area contributed by atoms with E-state index in [-0.39, 0.29) is 5.69 Å². The maximum absolute atomic E-state index is 12.1. The maximum Gasteiger partial charge on any atom is 0.416 e. The number of hydrogen-bond acceptors (Lipinski definition) is 3. The summed E-state index contributed by atoms with van der Waals surface area (Å²) in [6, 6.07) is 3.31. The summed E-state index contributed by atoms with van der Waals surface area (Å²) >= 11 is 0. The number of hydrogen-bond donors (Lipinski definition) is 3. The number of halogens is 3. The first-order chi connectivity index (χ1) is 10.2. The van der Waals surface area contributed by atoms with Crippen LogP contribution in [0.4, 0.5) is 23.7 Å². The molecule has 0 atom stereocenters. The molecule has 3 amide bonds. The number of carbonyl (C=O) groups is 2. The summed E-state index contributed by atoms with van der Waals surface area (Å²) in [7, 11) is 1.84. The van der Waals surface area contributed by atoms with Crippen LogP contribution in [0.1, 0.15) is 18.4 Å². The number of nitrogens with one attached hydrogen (secondary N) is 2. The third-order valence-electron chi connectivity index (χ3n) is 2.91. The van der Waals surface area contributed by atoms with E-state index in [0.717, 1.165) is 43.7 Å². The van der Waals surface area contributed by atoms with E-state index in [1.807, 2.05) is 7.05 Å². The van der Waals surface area contributed by atoms with E-state index in [1.165, 1.54) is 0 Å². The number of amides is 3. The van der Waals surface area contributed by atoms with Gasteiger partial charge in [-0.05, 0) is 30.7 Å². The van der Waals surface area contributed by atoms with Crippen LogP contribution in [0.15, 0.2) is 24.3 Å². The summed E-state index contributed by atoms with van der Waals surface area (Å²) in [5, 5.41) is 2.23. The number of alkyl halides is 3. The van der Waals surface area contributed by atoms with Crippen LogP contribution in [0.5, 0.6) is 0 Å². The number of carbonyl (C=O) groups excluding carboxylic acids is 2. The van der Waals surface area contributed by atoms with Crippen molar-refractivity contribution < 1.29 is 22.8 Å². The van der Waals surface area contributed by atoms with Gasteiger partial charge in [-0.3, -0.25) is 10.2 Å². The number of urea groups is 1. The second-order valence-corrected chi connectivity index (χ2v) is 4.59. The average Bonchev–Trinajstić information content (AvgIpc) is 2.83. The highest BCUT2D eigenvalue weighted by Gasteiger charge is 2.29. The van der Waals surface area contributed by atoms with E-state index < -0.39 is 17.8 Å². The zero-order valence-electron chi connectivity index (χ0n) is 11.9. The summed E-state index contributed by atoms with van der Waals surface area (Å²) in [5.74, 6) is 5.07. The van der Waals surface area contributed by atoms with Crippen molar-refractivity contribution in [2.24, 2.45) is 5.84 Å². The Bertz CT molecular complexity index is 517. The average molecular weight is 318 g/mol. The van der Waals surface area contributed by atoms with Gasteiger partial charge in [0.15, 0.2) is 0 Å². The van der Waals surface area contributed by atoms with Gasteiger partial charge in [0.2, 0.25) is 5.91 Å². The zero-order valence-corrected chi connectivity index (χ0v) is 11.9. The quantitative estimate of drug-likeness (QED) is 0.420. The highest BCUT2D eigenvalue weighted by atomic mass is 19.4. The first kappa shape index (κ1) is 17.8. The lowest BCUT2D eigenvalue weighted by Crippen LogP contribution is -2.34. The lowest BCUT2D eigenvalue weighted by molar-refractivity contribution is -0.137. The number of benzene rings is 1. The number of rotatable bonds is 1. The van der Waals surface area contributed by atoms with Gasteiger partial charge in [-0.15, -0.1) is 0 Å². The number of anilines is 1. The molecule has 0 unspecified atom stereocenters. The number of likely N-dealkylation sites (tertiary alicyclic amines) is 1. The molecule has 1 heterocycles. The molecule has 4 N–H and O–H groups in total.